The SMILES string of the molecule is CC1=CC(NC2([SiH](C)C)CCCCCCCCCCC2)C=C1C. The normalized spacial score (nSPS) is 24.7. The van der Waals surface area contributed by atoms with Crippen LogP contribution >= 0.6 is 0 Å². The monoisotopic (exact) mass is 333 g/mol. The fourth-order valence-corrected chi connectivity index (χ4v) is 6.49. The highest BCUT2D eigenvalue weighted by molar-refractivity contribution is 6.59. The van der Waals surface area contributed by atoms with Crippen molar-refractivity contribution in [3.8, 4) is 0 Å². The summed E-state index contributed by atoms with van der Waals surface area (Å²) in [6.07, 6.45) is 20.8. The second kappa shape index (κ2) is 9.22. The average molecular weight is 334 g/mol. The Bertz CT molecular complexity index is 392. The van der Waals surface area contributed by atoms with Gasteiger partial charge in [0.25, 0.3) is 0 Å². The van der Waals surface area contributed by atoms with Crippen LogP contribution in [0.5, 0.6) is 0 Å². The van der Waals surface area contributed by atoms with Crippen molar-refractivity contribution in [3.63, 3.8) is 0 Å². The molecule has 2 aliphatic rings. The topological polar surface area (TPSA) is 12.0 Å². The first-order valence-corrected chi connectivity index (χ1v) is 13.1. The maximum absolute atomic E-state index is 4.15. The molecule has 2 aliphatic carbocycles. The lowest BCUT2D eigenvalue weighted by Crippen LogP contribution is -2.57. The third-order valence-electron chi connectivity index (χ3n) is 6.29. The Morgan fingerprint density at radius 2 is 1.17 bits per heavy atom. The fourth-order valence-electron chi connectivity index (χ4n) is 4.40. The maximum atomic E-state index is 4.15. The van der Waals surface area contributed by atoms with E-state index >= 15 is 0 Å². The van der Waals surface area contributed by atoms with Crippen LogP contribution in [0.1, 0.15) is 84.5 Å². The molecule has 1 nitrogen and oxygen atoms in total. The van der Waals surface area contributed by atoms with E-state index < -0.39 is 8.80 Å². The van der Waals surface area contributed by atoms with Crippen molar-refractivity contribution in [1.29, 1.82) is 0 Å². The summed E-state index contributed by atoms with van der Waals surface area (Å²) in [5.41, 5.74) is 2.94. The van der Waals surface area contributed by atoms with Gasteiger partial charge >= 0.3 is 0 Å². The third-order valence-corrected chi connectivity index (χ3v) is 9.24. The van der Waals surface area contributed by atoms with E-state index in [1.165, 1.54) is 81.8 Å². The largest absolute Gasteiger partial charge is 0.305 e. The van der Waals surface area contributed by atoms with E-state index in [9.17, 15) is 0 Å². The maximum Gasteiger partial charge on any atom is 0.0545 e. The number of hydrogen-bond donors (Lipinski definition) is 1. The zero-order valence-electron chi connectivity index (χ0n) is 16.1. The summed E-state index contributed by atoms with van der Waals surface area (Å²) in [6, 6.07) is 0.484. The van der Waals surface area contributed by atoms with Gasteiger partial charge in [-0.25, -0.2) is 0 Å². The summed E-state index contributed by atoms with van der Waals surface area (Å²) in [4.78, 5) is 0. The molecule has 0 unspecified atom stereocenters. The van der Waals surface area contributed by atoms with Crippen molar-refractivity contribution in [2.45, 2.75) is 109 Å². The first-order valence-electron chi connectivity index (χ1n) is 10.2. The Morgan fingerprint density at radius 1 is 0.783 bits per heavy atom. The lowest BCUT2D eigenvalue weighted by atomic mass is 9.96. The van der Waals surface area contributed by atoms with E-state index in [4.69, 9.17) is 0 Å². The first kappa shape index (κ1) is 19.0. The zero-order chi connectivity index (χ0) is 16.7. The lowest BCUT2D eigenvalue weighted by Gasteiger charge is -2.41. The van der Waals surface area contributed by atoms with Gasteiger partial charge in [-0.15, -0.1) is 0 Å². The smallest absolute Gasteiger partial charge is 0.0545 e. The predicted molar refractivity (Wildman–Crippen MR) is 107 cm³/mol. The highest BCUT2D eigenvalue weighted by Gasteiger charge is 2.35. The molecular formula is C21H39NSi. The molecule has 0 aliphatic heterocycles. The van der Waals surface area contributed by atoms with Gasteiger partial charge in [-0.3, -0.25) is 0 Å². The minimum atomic E-state index is -0.764. The minimum absolute atomic E-state index is 0.460. The van der Waals surface area contributed by atoms with E-state index in [2.05, 4.69) is 44.4 Å². The Kier molecular flexibility index (Phi) is 7.61. The molecule has 2 rings (SSSR count). The van der Waals surface area contributed by atoms with Crippen molar-refractivity contribution in [2.75, 3.05) is 0 Å². The second-order valence-corrected chi connectivity index (χ2v) is 11.8. The van der Waals surface area contributed by atoms with Crippen LogP contribution in [0.3, 0.4) is 0 Å². The van der Waals surface area contributed by atoms with Crippen LogP contribution in [0.25, 0.3) is 0 Å². The van der Waals surface area contributed by atoms with E-state index in [1.807, 2.05) is 0 Å². The minimum Gasteiger partial charge on any atom is -0.305 e. The predicted octanol–water partition coefficient (Wildman–Crippen LogP) is 5.92. The fraction of sp³-hybridized carbons (Fsp3) is 0.810. The summed E-state index contributed by atoms with van der Waals surface area (Å²) in [5, 5.41) is 4.61. The zero-order valence-corrected chi connectivity index (χ0v) is 17.2. The van der Waals surface area contributed by atoms with Crippen LogP contribution in [-0.4, -0.2) is 20.0 Å². The van der Waals surface area contributed by atoms with E-state index in [-0.39, 0.29) is 0 Å². The average Bonchev–Trinajstić information content (AvgIpc) is 2.80. The summed E-state index contributed by atoms with van der Waals surface area (Å²) in [7, 11) is -0.764. The molecule has 0 aromatic carbocycles. The van der Waals surface area contributed by atoms with Crippen LogP contribution in [-0.2, 0) is 0 Å². The molecule has 0 radical (unpaired) electrons. The standard InChI is InChI=1S/C21H39NSi/c1-18-16-20(17-19(18)2)22-21(23(3)4)14-12-10-8-6-5-7-9-11-13-15-21/h16-17,20,22-23H,5-15H2,1-4H3. The molecule has 1 N–H and O–H groups in total. The highest BCUT2D eigenvalue weighted by atomic mass is 28.3. The van der Waals surface area contributed by atoms with Gasteiger partial charge in [0.2, 0.25) is 0 Å². The molecule has 0 aromatic heterocycles. The van der Waals surface area contributed by atoms with Crippen molar-refractivity contribution >= 4 is 8.80 Å². The summed E-state index contributed by atoms with van der Waals surface area (Å²) < 4.78 is 0. The molecule has 0 atom stereocenters. The number of nitrogens with one attached hydrogen (secondary N) is 1. The van der Waals surface area contributed by atoms with E-state index in [1.54, 1.807) is 0 Å². The van der Waals surface area contributed by atoms with Crippen molar-refractivity contribution in [3.05, 3.63) is 23.3 Å². The van der Waals surface area contributed by atoms with Gasteiger partial charge in [-0.05, 0) is 26.7 Å². The number of hydrogen-bond acceptors (Lipinski definition) is 1. The van der Waals surface area contributed by atoms with Crippen molar-refractivity contribution in [1.82, 2.24) is 5.32 Å². The molecule has 23 heavy (non-hydrogen) atoms. The first-order chi connectivity index (χ1) is 11.0. The van der Waals surface area contributed by atoms with E-state index in [0.717, 1.165) is 0 Å². The third kappa shape index (κ3) is 5.60. The number of rotatable bonds is 3. The molecule has 0 aromatic rings. The molecule has 0 amide bonds. The van der Waals surface area contributed by atoms with Crippen LogP contribution in [0, 0.1) is 0 Å². The Hall–Kier alpha value is -0.343. The summed E-state index contributed by atoms with van der Waals surface area (Å²) >= 11 is 0. The molecule has 0 spiro atoms. The van der Waals surface area contributed by atoms with Crippen LogP contribution in [0.2, 0.25) is 13.1 Å². The van der Waals surface area contributed by atoms with Gasteiger partial charge < -0.3 is 5.32 Å². The van der Waals surface area contributed by atoms with Crippen molar-refractivity contribution in [2.24, 2.45) is 0 Å². The molecular weight excluding hydrogens is 294 g/mol. The van der Waals surface area contributed by atoms with Crippen LogP contribution < -0.4 is 5.32 Å². The Balaban J connectivity index is 2.07. The van der Waals surface area contributed by atoms with Crippen LogP contribution in [0.4, 0.5) is 0 Å². The van der Waals surface area contributed by atoms with E-state index in [0.29, 0.717) is 11.2 Å². The van der Waals surface area contributed by atoms with Gasteiger partial charge in [0.05, 0.1) is 8.80 Å². The molecule has 0 saturated heterocycles. The highest BCUT2D eigenvalue weighted by Crippen LogP contribution is 2.30. The van der Waals surface area contributed by atoms with Crippen LogP contribution in [0.15, 0.2) is 23.3 Å². The quantitative estimate of drug-likeness (QED) is 0.632. The second-order valence-electron chi connectivity index (χ2n) is 8.36. The van der Waals surface area contributed by atoms with Gasteiger partial charge in [0.15, 0.2) is 0 Å². The van der Waals surface area contributed by atoms with Gasteiger partial charge in [-0.2, -0.15) is 0 Å². The molecule has 132 valence electrons. The van der Waals surface area contributed by atoms with Gasteiger partial charge in [-0.1, -0.05) is 94.2 Å². The van der Waals surface area contributed by atoms with Gasteiger partial charge in [0.1, 0.15) is 0 Å². The van der Waals surface area contributed by atoms with Gasteiger partial charge in [0, 0.05) is 11.2 Å². The lowest BCUT2D eigenvalue weighted by molar-refractivity contribution is 0.347. The molecule has 1 saturated carbocycles. The number of allylic oxidation sites excluding steroid dienone is 2. The summed E-state index contributed by atoms with van der Waals surface area (Å²) in [5.74, 6) is 0. The molecule has 0 heterocycles. The molecule has 2 heteroatoms. The molecule has 0 bridgehead atoms. The summed E-state index contributed by atoms with van der Waals surface area (Å²) in [6.45, 7) is 9.66. The Labute approximate surface area is 146 Å². The molecule has 1 fully saturated rings. The van der Waals surface area contributed by atoms with Crippen molar-refractivity contribution < 1.29 is 0 Å². The Morgan fingerprint density at radius 3 is 1.57 bits per heavy atom.